The molecule has 0 radical (unpaired) electrons. The van der Waals surface area contributed by atoms with Crippen LogP contribution in [0.2, 0.25) is 0 Å². The minimum atomic E-state index is -0.779. The van der Waals surface area contributed by atoms with E-state index in [0.29, 0.717) is 29.4 Å². The molecule has 3 aliphatic carbocycles. The maximum absolute atomic E-state index is 14.0. The number of unbranched alkanes of at least 4 members (excludes halogenated alkanes) is 1. The SMILES string of the molecule is CCCCc1ccc(C(=O)C[C@@H](CNC(=O)c2cccnc2)C(=O)N[C@@H](CC(C)C)B2O[C@@H]3C[C@@H]4C[C@@H](C4(C)C)[C@]3(C)O2)cc1. The van der Waals surface area contributed by atoms with Crippen LogP contribution in [0.3, 0.4) is 0 Å². The Morgan fingerprint density at radius 3 is 2.47 bits per heavy atom. The first kappa shape index (κ1) is 33.3. The monoisotopic (exact) mass is 615 g/mol. The van der Waals surface area contributed by atoms with Gasteiger partial charge in [0, 0.05) is 30.9 Å². The molecule has 3 saturated carbocycles. The minimum Gasteiger partial charge on any atom is -0.404 e. The van der Waals surface area contributed by atoms with E-state index in [1.54, 1.807) is 18.3 Å². The van der Waals surface area contributed by atoms with Gasteiger partial charge in [-0.3, -0.25) is 19.4 Å². The maximum atomic E-state index is 14.0. The zero-order valence-electron chi connectivity index (χ0n) is 27.8. The molecule has 45 heavy (non-hydrogen) atoms. The highest BCUT2D eigenvalue weighted by Crippen LogP contribution is 2.65. The number of hydrogen-bond donors (Lipinski definition) is 2. The number of pyridine rings is 1. The Kier molecular flexibility index (Phi) is 10.2. The number of carbonyl (C=O) groups is 3. The third-order valence-electron chi connectivity index (χ3n) is 10.7. The van der Waals surface area contributed by atoms with Gasteiger partial charge in [-0.05, 0) is 79.9 Å². The lowest BCUT2D eigenvalue weighted by atomic mass is 9.43. The lowest BCUT2D eigenvalue weighted by Gasteiger charge is -2.64. The van der Waals surface area contributed by atoms with Crippen molar-refractivity contribution in [1.82, 2.24) is 15.6 Å². The molecule has 0 unspecified atom stereocenters. The molecule has 1 aromatic heterocycles. The standard InChI is InChI=1S/C36H50BN3O5/c1-7-8-10-24-12-14-25(15-13-24)29(41)18-27(22-39-33(42)26-11-9-16-38-21-26)34(43)40-32(17-23(2)3)37-44-31-20-28-19-30(35(28,4)5)36(31,6)45-37/h9,11-16,21,23,27-28,30-32H,7-8,10,17-20,22H2,1-6H3,(H,39,42)(H,40,43)/t27-,28-,30-,31+,32-,36-/m0/s1. The van der Waals surface area contributed by atoms with E-state index < -0.39 is 13.0 Å². The van der Waals surface area contributed by atoms with E-state index >= 15 is 0 Å². The van der Waals surface area contributed by atoms with Crippen molar-refractivity contribution in [2.75, 3.05) is 6.54 Å². The second kappa shape index (κ2) is 13.8. The number of carbonyl (C=O) groups excluding carboxylic acids is 3. The Balaban J connectivity index is 1.31. The van der Waals surface area contributed by atoms with Crippen LogP contribution >= 0.6 is 0 Å². The fraction of sp³-hybridized carbons (Fsp3) is 0.611. The second-order valence-corrected chi connectivity index (χ2v) is 14.7. The summed E-state index contributed by atoms with van der Waals surface area (Å²) in [6, 6.07) is 11.0. The number of benzene rings is 1. The van der Waals surface area contributed by atoms with Gasteiger partial charge in [-0.2, -0.15) is 0 Å². The van der Waals surface area contributed by atoms with E-state index in [0.717, 1.165) is 32.1 Å². The van der Waals surface area contributed by atoms with Gasteiger partial charge >= 0.3 is 7.12 Å². The Morgan fingerprint density at radius 1 is 1.07 bits per heavy atom. The van der Waals surface area contributed by atoms with E-state index in [1.165, 1.54) is 11.8 Å². The van der Waals surface area contributed by atoms with Crippen LogP contribution in [-0.4, -0.2) is 53.9 Å². The minimum absolute atomic E-state index is 0.00211. The van der Waals surface area contributed by atoms with Crippen LogP contribution in [-0.2, 0) is 20.5 Å². The van der Waals surface area contributed by atoms with Crippen LogP contribution in [0.5, 0.6) is 0 Å². The van der Waals surface area contributed by atoms with E-state index in [1.807, 2.05) is 24.3 Å². The number of ketones is 1. The average Bonchev–Trinajstić information content (AvgIpc) is 3.39. The number of aryl methyl sites for hydroxylation is 1. The molecule has 2 N–H and O–H groups in total. The fourth-order valence-electron chi connectivity index (χ4n) is 7.77. The summed E-state index contributed by atoms with van der Waals surface area (Å²) in [6.07, 6.45) is 9.00. The third-order valence-corrected chi connectivity index (χ3v) is 10.7. The fourth-order valence-corrected chi connectivity index (χ4v) is 7.77. The molecule has 4 fully saturated rings. The molecule has 9 heteroatoms. The van der Waals surface area contributed by atoms with Crippen LogP contribution in [0, 0.1) is 29.1 Å². The van der Waals surface area contributed by atoms with Crippen LogP contribution in [0.25, 0.3) is 0 Å². The highest BCUT2D eigenvalue weighted by Gasteiger charge is 2.68. The molecule has 1 aliphatic heterocycles. The Morgan fingerprint density at radius 2 is 1.82 bits per heavy atom. The van der Waals surface area contributed by atoms with Crippen molar-refractivity contribution in [2.45, 2.75) is 104 Å². The van der Waals surface area contributed by atoms with Gasteiger partial charge in [0.2, 0.25) is 5.91 Å². The predicted molar refractivity (Wildman–Crippen MR) is 176 cm³/mol. The number of hydrogen-bond acceptors (Lipinski definition) is 6. The first-order valence-corrected chi connectivity index (χ1v) is 16.9. The molecular formula is C36H50BN3O5. The average molecular weight is 616 g/mol. The summed E-state index contributed by atoms with van der Waals surface area (Å²) in [5.74, 6) is -0.619. The molecule has 242 valence electrons. The quantitative estimate of drug-likeness (QED) is 0.204. The van der Waals surface area contributed by atoms with Crippen molar-refractivity contribution >= 4 is 24.7 Å². The smallest absolute Gasteiger partial charge is 0.404 e. The van der Waals surface area contributed by atoms with Crippen molar-refractivity contribution < 1.29 is 23.7 Å². The van der Waals surface area contributed by atoms with Crippen molar-refractivity contribution in [2.24, 2.45) is 29.1 Å². The van der Waals surface area contributed by atoms with Gasteiger partial charge in [-0.1, -0.05) is 65.3 Å². The third kappa shape index (κ3) is 7.20. The zero-order chi connectivity index (χ0) is 32.4. The van der Waals surface area contributed by atoms with Gasteiger partial charge in [-0.15, -0.1) is 0 Å². The molecule has 2 amide bonds. The molecule has 0 spiro atoms. The number of nitrogens with one attached hydrogen (secondary N) is 2. The largest absolute Gasteiger partial charge is 0.481 e. The first-order chi connectivity index (χ1) is 21.4. The molecule has 1 saturated heterocycles. The Hall–Kier alpha value is -3.04. The maximum Gasteiger partial charge on any atom is 0.481 e. The summed E-state index contributed by atoms with van der Waals surface area (Å²) in [4.78, 5) is 44.4. The molecule has 2 bridgehead atoms. The second-order valence-electron chi connectivity index (χ2n) is 14.7. The van der Waals surface area contributed by atoms with Gasteiger partial charge < -0.3 is 19.9 Å². The highest BCUT2D eigenvalue weighted by atomic mass is 16.7. The number of nitrogens with zero attached hydrogens (tertiary/aromatic N) is 1. The normalized spacial score (nSPS) is 26.0. The van der Waals surface area contributed by atoms with Gasteiger partial charge in [-0.25, -0.2) is 0 Å². The molecule has 4 aliphatic rings. The summed E-state index contributed by atoms with van der Waals surface area (Å²) < 4.78 is 13.3. The van der Waals surface area contributed by atoms with E-state index in [4.69, 9.17) is 9.31 Å². The lowest BCUT2D eigenvalue weighted by Crippen LogP contribution is -2.65. The van der Waals surface area contributed by atoms with Gasteiger partial charge in [0.1, 0.15) is 0 Å². The summed E-state index contributed by atoms with van der Waals surface area (Å²) in [5.41, 5.74) is 1.97. The van der Waals surface area contributed by atoms with Crippen LogP contribution < -0.4 is 10.6 Å². The van der Waals surface area contributed by atoms with Gasteiger partial charge in [0.15, 0.2) is 5.78 Å². The number of amides is 2. The molecule has 2 heterocycles. The Labute approximate surface area is 269 Å². The predicted octanol–water partition coefficient (Wildman–Crippen LogP) is 5.84. The number of rotatable bonds is 14. The molecule has 6 rings (SSSR count). The summed E-state index contributed by atoms with van der Waals surface area (Å²) in [7, 11) is -0.571. The first-order valence-electron chi connectivity index (χ1n) is 16.9. The van der Waals surface area contributed by atoms with Crippen molar-refractivity contribution in [1.29, 1.82) is 0 Å². The topological polar surface area (TPSA) is 107 Å². The van der Waals surface area contributed by atoms with E-state index in [-0.39, 0.29) is 59.5 Å². The van der Waals surface area contributed by atoms with Gasteiger partial charge in [0.25, 0.3) is 5.91 Å². The van der Waals surface area contributed by atoms with E-state index in [2.05, 4.69) is 57.2 Å². The van der Waals surface area contributed by atoms with Gasteiger partial charge in [0.05, 0.1) is 29.1 Å². The van der Waals surface area contributed by atoms with Crippen LogP contribution in [0.1, 0.15) is 106 Å². The van der Waals surface area contributed by atoms with Crippen LogP contribution in [0.4, 0.5) is 0 Å². The summed E-state index contributed by atoms with van der Waals surface area (Å²) in [5, 5.41) is 6.08. The molecular weight excluding hydrogens is 565 g/mol. The molecule has 8 nitrogen and oxygen atoms in total. The van der Waals surface area contributed by atoms with Crippen molar-refractivity contribution in [3.8, 4) is 0 Å². The van der Waals surface area contributed by atoms with Crippen molar-refractivity contribution in [3.63, 3.8) is 0 Å². The zero-order valence-corrected chi connectivity index (χ0v) is 27.8. The molecule has 1 aromatic carbocycles. The lowest BCUT2D eigenvalue weighted by molar-refractivity contribution is -0.199. The van der Waals surface area contributed by atoms with Crippen LogP contribution in [0.15, 0.2) is 48.8 Å². The van der Waals surface area contributed by atoms with E-state index in [9.17, 15) is 14.4 Å². The number of Topliss-reactive ketones (excluding diaryl/α,β-unsaturated/α-hetero) is 1. The number of aromatic nitrogens is 1. The summed E-state index contributed by atoms with van der Waals surface area (Å²) in [6.45, 7) is 13.2. The molecule has 2 aromatic rings. The molecule has 6 atom stereocenters. The summed E-state index contributed by atoms with van der Waals surface area (Å²) >= 11 is 0. The van der Waals surface area contributed by atoms with Crippen molar-refractivity contribution in [3.05, 3.63) is 65.5 Å². The highest BCUT2D eigenvalue weighted by molar-refractivity contribution is 6.47. The Bertz CT molecular complexity index is 1350.